The van der Waals surface area contributed by atoms with E-state index in [0.717, 1.165) is 5.71 Å². The fraction of sp³-hybridized carbons (Fsp3) is 0.154. The van der Waals surface area contributed by atoms with Crippen LogP contribution in [0.25, 0.3) is 0 Å². The molecule has 1 aromatic rings. The molecule has 1 aliphatic heterocycles. The van der Waals surface area contributed by atoms with Crippen molar-refractivity contribution in [1.82, 2.24) is 0 Å². The van der Waals surface area contributed by atoms with Gasteiger partial charge in [-0.15, -0.1) is 0 Å². The Hall–Kier alpha value is -2.43. The number of benzene rings is 1. The van der Waals surface area contributed by atoms with Crippen molar-refractivity contribution >= 4 is 28.9 Å². The molecule has 0 saturated heterocycles. The molecule has 0 radical (unpaired) electrons. The minimum Gasteiger partial charge on any atom is -0.323 e. The van der Waals surface area contributed by atoms with E-state index in [1.807, 2.05) is 6.92 Å². The van der Waals surface area contributed by atoms with Gasteiger partial charge < -0.3 is 5.32 Å². The summed E-state index contributed by atoms with van der Waals surface area (Å²) in [5.74, 6) is -0.316. The molecule has 1 aromatic carbocycles. The Kier molecular flexibility index (Phi) is 3.23. The summed E-state index contributed by atoms with van der Waals surface area (Å²) in [4.78, 5) is 22.7. The molecule has 2 rings (SSSR count). The van der Waals surface area contributed by atoms with E-state index in [1.54, 1.807) is 24.3 Å². The molecule has 5 heteroatoms. The second-order valence-electron chi connectivity index (χ2n) is 3.96. The molecular formula is C13H13N3O2. The molecule has 1 heterocycles. The number of rotatable bonds is 3. The molecule has 18 heavy (non-hydrogen) atoms. The Bertz CT molecular complexity index is 532. The molecule has 0 aromatic heterocycles. The number of nitrogens with zero attached hydrogens (tertiary/aromatic N) is 2. The van der Waals surface area contributed by atoms with Crippen molar-refractivity contribution in [2.45, 2.75) is 13.3 Å². The number of carbonyl (C=O) groups excluding carboxylic acids is 2. The molecule has 2 amide bonds. The largest absolute Gasteiger partial charge is 0.323 e. The van der Waals surface area contributed by atoms with Crippen molar-refractivity contribution in [2.75, 3.05) is 10.3 Å². The molecule has 1 aliphatic rings. The predicted octanol–water partition coefficient (Wildman–Crippen LogP) is 1.92. The maximum Gasteiger partial charge on any atom is 0.253 e. The van der Waals surface area contributed by atoms with Gasteiger partial charge in [-0.25, -0.2) is 5.01 Å². The monoisotopic (exact) mass is 243 g/mol. The quantitative estimate of drug-likeness (QED) is 0.824. The van der Waals surface area contributed by atoms with Gasteiger partial charge in [-0.1, -0.05) is 6.58 Å². The maximum atomic E-state index is 11.6. The Morgan fingerprint density at radius 1 is 1.44 bits per heavy atom. The first-order chi connectivity index (χ1) is 8.60. The number of hydrazone groups is 1. The van der Waals surface area contributed by atoms with Crippen LogP contribution in [-0.4, -0.2) is 17.5 Å². The molecule has 0 atom stereocenters. The third-order valence-corrected chi connectivity index (χ3v) is 2.48. The normalized spacial score (nSPS) is 14.4. The predicted molar refractivity (Wildman–Crippen MR) is 70.5 cm³/mol. The summed E-state index contributed by atoms with van der Waals surface area (Å²) in [6, 6.07) is 6.90. The van der Waals surface area contributed by atoms with Gasteiger partial charge >= 0.3 is 0 Å². The number of nitrogens with one attached hydrogen (secondary N) is 1. The van der Waals surface area contributed by atoms with Crippen molar-refractivity contribution in [1.29, 1.82) is 0 Å². The zero-order chi connectivity index (χ0) is 13.1. The fourth-order valence-electron chi connectivity index (χ4n) is 1.64. The highest BCUT2D eigenvalue weighted by Gasteiger charge is 2.22. The van der Waals surface area contributed by atoms with Crippen molar-refractivity contribution in [2.24, 2.45) is 5.10 Å². The van der Waals surface area contributed by atoms with Crippen LogP contribution in [0.5, 0.6) is 0 Å². The average Bonchev–Trinajstić information content (AvgIpc) is 2.69. The topological polar surface area (TPSA) is 61.8 Å². The third-order valence-electron chi connectivity index (χ3n) is 2.48. The van der Waals surface area contributed by atoms with E-state index in [4.69, 9.17) is 0 Å². The molecule has 0 saturated carbocycles. The lowest BCUT2D eigenvalue weighted by atomic mass is 10.2. The van der Waals surface area contributed by atoms with Gasteiger partial charge in [0.25, 0.3) is 5.91 Å². The number of hydrogen-bond donors (Lipinski definition) is 1. The first kappa shape index (κ1) is 12.0. The van der Waals surface area contributed by atoms with E-state index in [0.29, 0.717) is 17.8 Å². The summed E-state index contributed by atoms with van der Waals surface area (Å²) < 4.78 is 0. The van der Waals surface area contributed by atoms with Gasteiger partial charge in [0.05, 0.1) is 12.1 Å². The summed E-state index contributed by atoms with van der Waals surface area (Å²) in [6.45, 7) is 5.19. The highest BCUT2D eigenvalue weighted by Crippen LogP contribution is 2.22. The van der Waals surface area contributed by atoms with Gasteiger partial charge in [0.15, 0.2) is 0 Å². The SMILES string of the molecule is C=CC(=O)Nc1ccc(N2N=C(C)CC2=O)cc1. The lowest BCUT2D eigenvalue weighted by Crippen LogP contribution is -2.19. The summed E-state index contributed by atoms with van der Waals surface area (Å²) in [6.07, 6.45) is 1.56. The number of anilines is 2. The molecule has 0 unspecified atom stereocenters. The van der Waals surface area contributed by atoms with Gasteiger partial charge in [-0.3, -0.25) is 9.59 Å². The lowest BCUT2D eigenvalue weighted by Gasteiger charge is -2.12. The van der Waals surface area contributed by atoms with Gasteiger partial charge in [0.1, 0.15) is 0 Å². The molecule has 92 valence electrons. The summed E-state index contributed by atoms with van der Waals surface area (Å²) in [7, 11) is 0. The van der Waals surface area contributed by atoms with Crippen LogP contribution in [0.2, 0.25) is 0 Å². The van der Waals surface area contributed by atoms with Crippen molar-refractivity contribution in [3.63, 3.8) is 0 Å². The summed E-state index contributed by atoms with van der Waals surface area (Å²) >= 11 is 0. The second kappa shape index (κ2) is 4.83. The van der Waals surface area contributed by atoms with Crippen LogP contribution in [0.4, 0.5) is 11.4 Å². The maximum absolute atomic E-state index is 11.6. The summed E-state index contributed by atoms with van der Waals surface area (Å²) in [5.41, 5.74) is 2.13. The number of amides is 2. The van der Waals surface area contributed by atoms with E-state index < -0.39 is 0 Å². The zero-order valence-corrected chi connectivity index (χ0v) is 10.0. The molecule has 0 spiro atoms. The molecule has 1 N–H and O–H groups in total. The Labute approximate surface area is 105 Å². The highest BCUT2D eigenvalue weighted by molar-refractivity contribution is 6.12. The van der Waals surface area contributed by atoms with Crippen LogP contribution in [-0.2, 0) is 9.59 Å². The van der Waals surface area contributed by atoms with Crippen LogP contribution >= 0.6 is 0 Å². The van der Waals surface area contributed by atoms with Crippen LogP contribution < -0.4 is 10.3 Å². The minimum atomic E-state index is -0.270. The van der Waals surface area contributed by atoms with E-state index in [9.17, 15) is 9.59 Å². The van der Waals surface area contributed by atoms with Gasteiger partial charge in [-0.2, -0.15) is 5.10 Å². The molecule has 0 fully saturated rings. The Morgan fingerprint density at radius 3 is 2.61 bits per heavy atom. The molecule has 0 bridgehead atoms. The van der Waals surface area contributed by atoms with Crippen LogP contribution in [0.15, 0.2) is 42.0 Å². The van der Waals surface area contributed by atoms with Gasteiger partial charge in [-0.05, 0) is 37.3 Å². The fourth-order valence-corrected chi connectivity index (χ4v) is 1.64. The standard InChI is InChI=1S/C13H13N3O2/c1-3-12(17)14-10-4-6-11(7-5-10)16-13(18)8-9(2)15-16/h3-7H,1,8H2,2H3,(H,14,17). The first-order valence-corrected chi connectivity index (χ1v) is 5.50. The minimum absolute atomic E-state index is 0.0459. The Balaban J connectivity index is 2.15. The summed E-state index contributed by atoms with van der Waals surface area (Å²) in [5, 5.41) is 8.15. The van der Waals surface area contributed by atoms with E-state index in [-0.39, 0.29) is 11.8 Å². The molecule has 5 nitrogen and oxygen atoms in total. The Morgan fingerprint density at radius 2 is 2.11 bits per heavy atom. The highest BCUT2D eigenvalue weighted by atomic mass is 16.2. The lowest BCUT2D eigenvalue weighted by molar-refractivity contribution is -0.117. The van der Waals surface area contributed by atoms with Crippen molar-refractivity contribution < 1.29 is 9.59 Å². The van der Waals surface area contributed by atoms with Gasteiger partial charge in [0.2, 0.25) is 5.91 Å². The zero-order valence-electron chi connectivity index (χ0n) is 10.0. The van der Waals surface area contributed by atoms with E-state index >= 15 is 0 Å². The number of carbonyl (C=O) groups is 2. The van der Waals surface area contributed by atoms with Crippen LogP contribution in [0.3, 0.4) is 0 Å². The first-order valence-electron chi connectivity index (χ1n) is 5.50. The average molecular weight is 243 g/mol. The van der Waals surface area contributed by atoms with E-state index in [1.165, 1.54) is 11.1 Å². The smallest absolute Gasteiger partial charge is 0.253 e. The van der Waals surface area contributed by atoms with Crippen molar-refractivity contribution in [3.8, 4) is 0 Å². The van der Waals surface area contributed by atoms with Gasteiger partial charge in [0, 0.05) is 11.4 Å². The molecule has 0 aliphatic carbocycles. The van der Waals surface area contributed by atoms with E-state index in [2.05, 4.69) is 17.0 Å². The third kappa shape index (κ3) is 2.45. The number of hydrogen-bond acceptors (Lipinski definition) is 3. The molecular weight excluding hydrogens is 230 g/mol. The van der Waals surface area contributed by atoms with Crippen LogP contribution in [0.1, 0.15) is 13.3 Å². The van der Waals surface area contributed by atoms with Crippen molar-refractivity contribution in [3.05, 3.63) is 36.9 Å². The second-order valence-corrected chi connectivity index (χ2v) is 3.96. The van der Waals surface area contributed by atoms with Crippen LogP contribution in [0, 0.1) is 0 Å².